The molecular formula is C32H37O2P. The van der Waals surface area contributed by atoms with Crippen LogP contribution in [-0.4, -0.2) is 18.7 Å². The number of carbonyl (C=O) groups is 1. The van der Waals surface area contributed by atoms with Gasteiger partial charge >= 0.3 is 205 Å². The van der Waals surface area contributed by atoms with Crippen LogP contribution < -0.4 is 15.9 Å². The molecule has 0 radical (unpaired) electrons. The zero-order chi connectivity index (χ0) is 24.8. The van der Waals surface area contributed by atoms with Gasteiger partial charge < -0.3 is 0 Å². The molecule has 0 aliphatic rings. The van der Waals surface area contributed by atoms with Crippen LogP contribution in [0.4, 0.5) is 0 Å². The normalized spacial score (nSPS) is 12.4. The Hall–Kier alpha value is -3.22. The molecule has 3 rings (SSSR count). The molecule has 0 saturated carbocycles. The average Bonchev–Trinajstić information content (AvgIpc) is 2.92. The minimum absolute atomic E-state index is 0.304. The molecule has 182 valence electrons. The second-order valence-electron chi connectivity index (χ2n) is 8.66. The Labute approximate surface area is 211 Å². The van der Waals surface area contributed by atoms with Crippen molar-refractivity contribution in [2.75, 3.05) is 12.8 Å². The Bertz CT molecular complexity index is 1010. The molecule has 0 spiro atoms. The molecule has 0 aliphatic heterocycles. The zero-order valence-corrected chi connectivity index (χ0v) is 21.7. The molecule has 3 aromatic rings. The molecule has 35 heavy (non-hydrogen) atoms. The number of carbonyl (C=O) groups excluding carboxylic acids is 1. The monoisotopic (exact) mass is 484 g/mol. The van der Waals surface area contributed by atoms with Crippen LogP contribution in [-0.2, 0) is 9.53 Å². The minimum atomic E-state index is -2.15. The number of allylic oxidation sites excluding steroid dienone is 3. The van der Waals surface area contributed by atoms with Crippen LogP contribution in [0.25, 0.3) is 0 Å². The van der Waals surface area contributed by atoms with Gasteiger partial charge in [-0.15, -0.1) is 0 Å². The summed E-state index contributed by atoms with van der Waals surface area (Å²) in [6.45, 7) is 6.06. The van der Waals surface area contributed by atoms with E-state index in [-0.39, 0.29) is 5.97 Å². The third-order valence-electron chi connectivity index (χ3n) is 6.40. The summed E-state index contributed by atoms with van der Waals surface area (Å²) in [6.07, 6.45) is 12.3. The van der Waals surface area contributed by atoms with Crippen LogP contribution in [0.2, 0.25) is 0 Å². The predicted molar refractivity (Wildman–Crippen MR) is 154 cm³/mol. The van der Waals surface area contributed by atoms with Crippen molar-refractivity contribution in [3.8, 4) is 0 Å². The Kier molecular flexibility index (Phi) is 10.7. The number of benzene rings is 3. The molecule has 3 aromatic carbocycles. The van der Waals surface area contributed by atoms with Gasteiger partial charge in [0.05, 0.1) is 0 Å². The molecule has 0 heterocycles. The first kappa shape index (κ1) is 26.4. The summed E-state index contributed by atoms with van der Waals surface area (Å²) >= 11 is 0. The molecule has 3 heteroatoms. The van der Waals surface area contributed by atoms with Gasteiger partial charge in [-0.25, -0.2) is 0 Å². The van der Waals surface area contributed by atoms with Gasteiger partial charge in [0.2, 0.25) is 0 Å². The van der Waals surface area contributed by atoms with Crippen LogP contribution in [0.5, 0.6) is 0 Å². The number of hydrogen-bond donors (Lipinski definition) is 0. The van der Waals surface area contributed by atoms with Crippen molar-refractivity contribution in [1.29, 1.82) is 0 Å². The van der Waals surface area contributed by atoms with Crippen LogP contribution in [0.15, 0.2) is 127 Å². The van der Waals surface area contributed by atoms with Crippen molar-refractivity contribution >= 4 is 29.1 Å². The number of ether oxygens (including phenoxy) is 1. The van der Waals surface area contributed by atoms with E-state index in [9.17, 15) is 4.79 Å². The Morgan fingerprint density at radius 2 is 1.26 bits per heavy atom. The van der Waals surface area contributed by atoms with Gasteiger partial charge in [-0.1, -0.05) is 0 Å². The van der Waals surface area contributed by atoms with Crippen LogP contribution in [0.3, 0.4) is 0 Å². The zero-order valence-electron chi connectivity index (χ0n) is 20.7. The van der Waals surface area contributed by atoms with Gasteiger partial charge in [0, 0.05) is 0 Å². The van der Waals surface area contributed by atoms with Gasteiger partial charge in [0.1, 0.15) is 0 Å². The maximum atomic E-state index is 12.2. The number of hydrogen-bond acceptors (Lipinski definition) is 2. The second kappa shape index (κ2) is 14.2. The van der Waals surface area contributed by atoms with E-state index in [1.807, 2.05) is 19.1 Å². The molecule has 2 nitrogen and oxygen atoms in total. The first-order chi connectivity index (χ1) is 17.2. The summed E-state index contributed by atoms with van der Waals surface area (Å²) in [7, 11) is -2.15. The Balaban J connectivity index is 1.67. The van der Waals surface area contributed by atoms with Gasteiger partial charge in [-0.2, -0.15) is 0 Å². The third-order valence-corrected chi connectivity index (χ3v) is 11.5. The number of rotatable bonds is 13. The van der Waals surface area contributed by atoms with Crippen molar-refractivity contribution < 1.29 is 9.53 Å². The predicted octanol–water partition coefficient (Wildman–Crippen LogP) is 6.50. The van der Waals surface area contributed by atoms with E-state index >= 15 is 0 Å². The summed E-state index contributed by atoms with van der Waals surface area (Å²) in [6, 6.07) is 33.2. The molecule has 0 bridgehead atoms. The van der Waals surface area contributed by atoms with Crippen molar-refractivity contribution in [2.24, 2.45) is 0 Å². The van der Waals surface area contributed by atoms with Gasteiger partial charge in [-0.3, -0.25) is 0 Å². The SMILES string of the molecule is C=C/C(=C\C=C/C)C(=O)OCCCCCC[PH](c1ccccc1)(c1ccccc1)c1ccccc1. The van der Waals surface area contributed by atoms with Gasteiger partial charge in [0.25, 0.3) is 0 Å². The van der Waals surface area contributed by atoms with E-state index in [1.165, 1.54) is 15.9 Å². The van der Waals surface area contributed by atoms with Crippen molar-refractivity contribution in [3.05, 3.63) is 127 Å². The summed E-state index contributed by atoms with van der Waals surface area (Å²) in [5.41, 5.74) is 0.493. The van der Waals surface area contributed by atoms with E-state index < -0.39 is 7.26 Å². The standard InChI is InChI=1S/C32H37O2P/c1-3-5-19-28(4-2)32(33)34-26-17-6-7-18-27-35(29-20-11-8-12-21-29,30-22-13-9-14-23-30)31-24-15-10-16-25-31/h3-5,8-16,19-25,35H,2,6-7,17-18,26-27H2,1H3/b5-3-,28-19+. The number of esters is 1. The molecule has 0 saturated heterocycles. The maximum absolute atomic E-state index is 12.2. The van der Waals surface area contributed by atoms with Crippen LogP contribution in [0.1, 0.15) is 32.6 Å². The fraction of sp³-hybridized carbons (Fsp3) is 0.219. The van der Waals surface area contributed by atoms with E-state index in [1.54, 1.807) is 12.2 Å². The first-order valence-corrected chi connectivity index (χ1v) is 14.7. The van der Waals surface area contributed by atoms with Gasteiger partial charge in [0.15, 0.2) is 0 Å². The Morgan fingerprint density at radius 1 is 0.771 bits per heavy atom. The Morgan fingerprint density at radius 3 is 1.71 bits per heavy atom. The summed E-state index contributed by atoms with van der Waals surface area (Å²) in [4.78, 5) is 12.2. The molecule has 0 unspecified atom stereocenters. The third kappa shape index (κ3) is 7.13. The van der Waals surface area contributed by atoms with E-state index in [4.69, 9.17) is 4.74 Å². The molecule has 0 fully saturated rings. The molecule has 0 aliphatic carbocycles. The molecule has 0 amide bonds. The molecule has 0 N–H and O–H groups in total. The van der Waals surface area contributed by atoms with Crippen LogP contribution >= 0.6 is 7.26 Å². The van der Waals surface area contributed by atoms with Gasteiger partial charge in [-0.05, 0) is 6.92 Å². The molecular weight excluding hydrogens is 447 g/mol. The summed E-state index contributed by atoms with van der Waals surface area (Å²) < 4.78 is 5.44. The quantitative estimate of drug-likeness (QED) is 0.0909. The fourth-order valence-electron chi connectivity index (χ4n) is 4.61. The summed E-state index contributed by atoms with van der Waals surface area (Å²) in [5.74, 6) is -0.304. The number of unbranched alkanes of at least 4 members (excludes halogenated alkanes) is 3. The second-order valence-corrected chi connectivity index (χ2v) is 12.7. The molecule has 0 aromatic heterocycles. The van der Waals surface area contributed by atoms with E-state index in [2.05, 4.69) is 97.6 Å². The van der Waals surface area contributed by atoms with Crippen molar-refractivity contribution in [2.45, 2.75) is 32.6 Å². The van der Waals surface area contributed by atoms with E-state index in [0.29, 0.717) is 12.2 Å². The van der Waals surface area contributed by atoms with E-state index in [0.717, 1.165) is 31.8 Å². The first-order valence-electron chi connectivity index (χ1n) is 12.5. The van der Waals surface area contributed by atoms with Crippen molar-refractivity contribution in [1.82, 2.24) is 0 Å². The van der Waals surface area contributed by atoms with Crippen LogP contribution in [0, 0.1) is 0 Å². The topological polar surface area (TPSA) is 26.3 Å². The van der Waals surface area contributed by atoms with Crippen molar-refractivity contribution in [3.63, 3.8) is 0 Å². The average molecular weight is 485 g/mol. The fourth-order valence-corrected chi connectivity index (χ4v) is 9.55. The molecule has 0 atom stereocenters. The summed E-state index contributed by atoms with van der Waals surface area (Å²) in [5, 5.41) is 4.36.